The van der Waals surface area contributed by atoms with Crippen LogP contribution in [0, 0.1) is 0 Å². The van der Waals surface area contributed by atoms with Crippen LogP contribution >= 0.6 is 0 Å². The number of methoxy groups -OCH3 is 2. The average Bonchev–Trinajstić information content (AvgIpc) is 2.97. The normalized spacial score (nSPS) is 14.0. The topological polar surface area (TPSA) is 114 Å². The van der Waals surface area contributed by atoms with E-state index >= 15 is 0 Å². The zero-order valence-electron chi connectivity index (χ0n) is 16.0. The summed E-state index contributed by atoms with van der Waals surface area (Å²) in [4.78, 5) is 27.8. The number of fused-ring (bicyclic) bond motifs is 1. The van der Waals surface area contributed by atoms with Crippen molar-refractivity contribution in [3.05, 3.63) is 53.6 Å². The van der Waals surface area contributed by atoms with Crippen LogP contribution in [0.4, 0.5) is 0 Å². The second-order valence-electron chi connectivity index (χ2n) is 6.20. The van der Waals surface area contributed by atoms with Gasteiger partial charge in [-0.2, -0.15) is 13.5 Å². The number of hydrogen-bond donors (Lipinski definition) is 1. The molecule has 29 heavy (non-hydrogen) atoms. The van der Waals surface area contributed by atoms with Crippen LogP contribution in [0.2, 0.25) is 0 Å². The molecule has 0 fully saturated rings. The number of nitrogens with zero attached hydrogens (tertiary/aromatic N) is 2. The average molecular weight is 417 g/mol. The van der Waals surface area contributed by atoms with E-state index in [0.29, 0.717) is 16.9 Å². The number of benzene rings is 2. The molecule has 152 valence electrons. The molecule has 0 unspecified atom stereocenters. The maximum absolute atomic E-state index is 12.5. The highest BCUT2D eigenvalue weighted by Gasteiger charge is 2.35. The van der Waals surface area contributed by atoms with Crippen molar-refractivity contribution in [2.24, 2.45) is 5.10 Å². The molecule has 1 N–H and O–H groups in total. The van der Waals surface area contributed by atoms with Crippen molar-refractivity contribution in [3.63, 3.8) is 0 Å². The largest absolute Gasteiger partial charge is 0.493 e. The summed E-state index contributed by atoms with van der Waals surface area (Å²) < 4.78 is 35.2. The minimum absolute atomic E-state index is 0.0765. The third kappa shape index (κ3) is 3.92. The first kappa shape index (κ1) is 20.3. The van der Waals surface area contributed by atoms with Gasteiger partial charge in [0.1, 0.15) is 0 Å². The van der Waals surface area contributed by atoms with Gasteiger partial charge in [0.2, 0.25) is 0 Å². The number of rotatable bonds is 7. The molecule has 2 aromatic rings. The number of ether oxygens (including phenoxy) is 2. The Kier molecular flexibility index (Phi) is 5.55. The molecule has 0 atom stereocenters. The van der Waals surface area contributed by atoms with Crippen LogP contribution in [0.15, 0.2) is 52.5 Å². The first-order valence-electron chi connectivity index (χ1n) is 8.50. The molecule has 0 radical (unpaired) electrons. The number of hydrogen-bond acceptors (Lipinski definition) is 7. The molecule has 0 aromatic heterocycles. The van der Waals surface area contributed by atoms with Crippen LogP contribution in [0.5, 0.6) is 11.5 Å². The van der Waals surface area contributed by atoms with Crippen LogP contribution in [-0.4, -0.2) is 51.6 Å². The quantitative estimate of drug-likeness (QED) is 0.416. The van der Waals surface area contributed by atoms with E-state index in [1.807, 2.05) is 0 Å². The summed E-state index contributed by atoms with van der Waals surface area (Å²) in [7, 11) is -1.15. The Bertz CT molecular complexity index is 1080. The van der Waals surface area contributed by atoms with Gasteiger partial charge < -0.3 is 9.47 Å². The zero-order valence-corrected chi connectivity index (χ0v) is 16.8. The molecule has 0 bridgehead atoms. The fourth-order valence-electron chi connectivity index (χ4n) is 2.82. The molecule has 0 aliphatic carbocycles. The van der Waals surface area contributed by atoms with Crippen LogP contribution in [0.25, 0.3) is 0 Å². The second-order valence-corrected chi connectivity index (χ2v) is 7.86. The lowest BCUT2D eigenvalue weighted by molar-refractivity contribution is 0.0677. The molecule has 1 aliphatic heterocycles. The summed E-state index contributed by atoms with van der Waals surface area (Å²) in [6.07, 6.45) is 0. The Labute approximate surface area is 168 Å². The highest BCUT2D eigenvalue weighted by molar-refractivity contribution is 7.89. The number of sulfonamides is 1. The SMILES string of the molecule is COc1ccc(S(=O)(=O)N/N=C(/C)CN2C(=O)c3ccccc3C2=O)cc1OC. The van der Waals surface area contributed by atoms with Gasteiger partial charge in [0, 0.05) is 6.07 Å². The molecule has 9 nitrogen and oxygen atoms in total. The summed E-state index contributed by atoms with van der Waals surface area (Å²) in [5.74, 6) is -0.246. The van der Waals surface area contributed by atoms with Gasteiger partial charge in [-0.25, -0.2) is 4.83 Å². The molecule has 1 heterocycles. The van der Waals surface area contributed by atoms with Gasteiger partial charge in [0.25, 0.3) is 21.8 Å². The van der Waals surface area contributed by atoms with Crippen LogP contribution in [0.3, 0.4) is 0 Å². The predicted molar refractivity (Wildman–Crippen MR) is 105 cm³/mol. The van der Waals surface area contributed by atoms with Crippen molar-refractivity contribution >= 4 is 27.5 Å². The minimum Gasteiger partial charge on any atom is -0.493 e. The molecule has 0 saturated heterocycles. The Morgan fingerprint density at radius 1 is 1.00 bits per heavy atom. The van der Waals surface area contributed by atoms with Gasteiger partial charge in [0.05, 0.1) is 42.5 Å². The van der Waals surface area contributed by atoms with E-state index in [0.717, 1.165) is 4.90 Å². The van der Waals surface area contributed by atoms with Crippen molar-refractivity contribution in [2.75, 3.05) is 20.8 Å². The monoisotopic (exact) mass is 417 g/mol. The third-order valence-corrected chi connectivity index (χ3v) is 5.49. The van der Waals surface area contributed by atoms with Crippen molar-refractivity contribution in [2.45, 2.75) is 11.8 Å². The van der Waals surface area contributed by atoms with Gasteiger partial charge in [-0.15, -0.1) is 0 Å². The van der Waals surface area contributed by atoms with Crippen molar-refractivity contribution in [3.8, 4) is 11.5 Å². The molecule has 10 heteroatoms. The molecule has 2 aromatic carbocycles. The maximum atomic E-state index is 12.5. The number of hydrazone groups is 1. The smallest absolute Gasteiger partial charge is 0.276 e. The number of nitrogens with one attached hydrogen (secondary N) is 1. The second kappa shape index (κ2) is 7.92. The minimum atomic E-state index is -3.99. The van der Waals surface area contributed by atoms with E-state index in [2.05, 4.69) is 9.93 Å². The highest BCUT2D eigenvalue weighted by atomic mass is 32.2. The lowest BCUT2D eigenvalue weighted by Crippen LogP contribution is -2.35. The third-order valence-electron chi connectivity index (χ3n) is 4.29. The van der Waals surface area contributed by atoms with Gasteiger partial charge in [-0.3, -0.25) is 14.5 Å². The molecule has 3 rings (SSSR count). The fourth-order valence-corrected chi connectivity index (χ4v) is 3.71. The molecular weight excluding hydrogens is 398 g/mol. The van der Waals surface area contributed by atoms with Gasteiger partial charge in [0.15, 0.2) is 11.5 Å². The first-order chi connectivity index (χ1) is 13.8. The summed E-state index contributed by atoms with van der Waals surface area (Å²) in [5, 5.41) is 3.83. The Balaban J connectivity index is 1.75. The number of amides is 2. The summed E-state index contributed by atoms with van der Waals surface area (Å²) in [6, 6.07) is 10.6. The van der Waals surface area contributed by atoms with Crippen molar-refractivity contribution in [1.82, 2.24) is 9.73 Å². The van der Waals surface area contributed by atoms with E-state index in [9.17, 15) is 18.0 Å². The molecule has 1 aliphatic rings. The number of carbonyl (C=O) groups is 2. The Hall–Kier alpha value is -3.40. The van der Waals surface area contributed by atoms with Crippen LogP contribution in [0.1, 0.15) is 27.6 Å². The van der Waals surface area contributed by atoms with Crippen LogP contribution < -0.4 is 14.3 Å². The maximum Gasteiger partial charge on any atom is 0.276 e. The highest BCUT2D eigenvalue weighted by Crippen LogP contribution is 2.29. The van der Waals surface area contributed by atoms with E-state index in [-0.39, 0.29) is 22.9 Å². The van der Waals surface area contributed by atoms with E-state index in [1.165, 1.54) is 39.3 Å². The lowest BCUT2D eigenvalue weighted by Gasteiger charge is -2.14. The molecule has 0 spiro atoms. The summed E-state index contributed by atoms with van der Waals surface area (Å²) >= 11 is 0. The molecule has 2 amide bonds. The van der Waals surface area contributed by atoms with E-state index < -0.39 is 21.8 Å². The molecular formula is C19H19N3O6S. The Morgan fingerprint density at radius 3 is 2.14 bits per heavy atom. The summed E-state index contributed by atoms with van der Waals surface area (Å²) in [6.45, 7) is 1.38. The van der Waals surface area contributed by atoms with Gasteiger partial charge in [-0.1, -0.05) is 12.1 Å². The zero-order chi connectivity index (χ0) is 21.2. The summed E-state index contributed by atoms with van der Waals surface area (Å²) in [5.41, 5.74) is 0.871. The standard InChI is InChI=1S/C19H19N3O6S/c1-12(11-22-18(23)14-6-4-5-7-15(14)19(22)24)20-21-29(25,26)13-8-9-16(27-2)17(10-13)28-3/h4-10,21H,11H2,1-3H3/b20-12-. The van der Waals surface area contributed by atoms with Crippen molar-refractivity contribution in [1.29, 1.82) is 0 Å². The Morgan fingerprint density at radius 2 is 1.59 bits per heavy atom. The predicted octanol–water partition coefficient (Wildman–Crippen LogP) is 1.65. The number of imide groups is 1. The van der Waals surface area contributed by atoms with E-state index in [4.69, 9.17) is 9.47 Å². The van der Waals surface area contributed by atoms with Gasteiger partial charge >= 0.3 is 0 Å². The molecule has 0 saturated carbocycles. The fraction of sp³-hybridized carbons (Fsp3) is 0.211. The van der Waals surface area contributed by atoms with E-state index in [1.54, 1.807) is 24.3 Å². The number of carbonyl (C=O) groups excluding carboxylic acids is 2. The van der Waals surface area contributed by atoms with Gasteiger partial charge in [-0.05, 0) is 31.2 Å². The first-order valence-corrected chi connectivity index (χ1v) is 9.99. The lowest BCUT2D eigenvalue weighted by atomic mass is 10.1. The van der Waals surface area contributed by atoms with Crippen molar-refractivity contribution < 1.29 is 27.5 Å². The van der Waals surface area contributed by atoms with Crippen LogP contribution in [-0.2, 0) is 10.0 Å².